The molecule has 0 spiro atoms. The Labute approximate surface area is 148 Å². The van der Waals surface area contributed by atoms with Crippen molar-refractivity contribution in [1.82, 2.24) is 13.9 Å². The highest BCUT2D eigenvalue weighted by molar-refractivity contribution is 7.89. The highest BCUT2D eigenvalue weighted by atomic mass is 32.2. The molecular formula is C15H16N4O4S2. The van der Waals surface area contributed by atoms with E-state index < -0.39 is 15.8 Å². The van der Waals surface area contributed by atoms with Gasteiger partial charge in [0.1, 0.15) is 0 Å². The number of oxazole rings is 1. The molecule has 0 aliphatic carbocycles. The van der Waals surface area contributed by atoms with Crippen molar-refractivity contribution in [2.45, 2.75) is 4.90 Å². The summed E-state index contributed by atoms with van der Waals surface area (Å²) in [5.74, 6) is -0.512. The molecule has 1 aliphatic rings. The fourth-order valence-corrected chi connectivity index (χ4v) is 5.05. The number of aromatic nitrogens is 2. The van der Waals surface area contributed by atoms with E-state index in [2.05, 4.69) is 9.88 Å². The highest BCUT2D eigenvalue weighted by Gasteiger charge is 2.29. The third-order valence-corrected chi connectivity index (χ3v) is 7.06. The molecule has 0 N–H and O–H groups in total. The Morgan fingerprint density at radius 2 is 1.96 bits per heavy atom. The summed E-state index contributed by atoms with van der Waals surface area (Å²) in [4.78, 5) is 18.1. The van der Waals surface area contributed by atoms with Crippen molar-refractivity contribution in [3.8, 4) is 0 Å². The van der Waals surface area contributed by atoms with Crippen LogP contribution in [-0.2, 0) is 17.1 Å². The van der Waals surface area contributed by atoms with E-state index in [1.807, 2.05) is 5.38 Å². The van der Waals surface area contributed by atoms with E-state index >= 15 is 0 Å². The van der Waals surface area contributed by atoms with Gasteiger partial charge in [0.25, 0.3) is 0 Å². The number of aryl methyl sites for hydroxylation is 1. The Kier molecular flexibility index (Phi) is 3.89. The standard InChI is InChI=1S/C15H16N4O4S2/c1-17-12-3-2-11(10-13(12)23-15(17)20)25(21,22)19-7-5-18(6-8-19)14-16-4-9-24-14/h2-4,9-10H,5-8H2,1H3. The second-order valence-electron chi connectivity index (χ2n) is 5.76. The van der Waals surface area contributed by atoms with Crippen LogP contribution in [0, 0.1) is 0 Å². The Bertz CT molecular complexity index is 1060. The number of fused-ring (bicyclic) bond motifs is 1. The van der Waals surface area contributed by atoms with Gasteiger partial charge in [-0.1, -0.05) is 0 Å². The Morgan fingerprint density at radius 3 is 2.64 bits per heavy atom. The van der Waals surface area contributed by atoms with Gasteiger partial charge in [0, 0.05) is 50.9 Å². The zero-order valence-corrected chi connectivity index (χ0v) is 15.1. The molecule has 10 heteroatoms. The van der Waals surface area contributed by atoms with E-state index in [0.717, 1.165) is 5.13 Å². The van der Waals surface area contributed by atoms with Gasteiger partial charge in [-0.3, -0.25) is 4.57 Å². The van der Waals surface area contributed by atoms with Gasteiger partial charge in [-0.05, 0) is 12.1 Å². The maximum atomic E-state index is 12.9. The van der Waals surface area contributed by atoms with Crippen LogP contribution < -0.4 is 10.7 Å². The van der Waals surface area contributed by atoms with Gasteiger partial charge in [-0.25, -0.2) is 18.2 Å². The number of anilines is 1. The zero-order valence-electron chi connectivity index (χ0n) is 13.5. The molecule has 0 amide bonds. The summed E-state index contributed by atoms with van der Waals surface area (Å²) in [5, 5.41) is 2.81. The van der Waals surface area contributed by atoms with Crippen LogP contribution in [0.1, 0.15) is 0 Å². The first-order valence-electron chi connectivity index (χ1n) is 7.71. The van der Waals surface area contributed by atoms with Crippen LogP contribution >= 0.6 is 11.3 Å². The smallest absolute Gasteiger partial charge is 0.408 e. The summed E-state index contributed by atoms with van der Waals surface area (Å²) in [5.41, 5.74) is 0.840. The molecule has 25 heavy (non-hydrogen) atoms. The van der Waals surface area contributed by atoms with E-state index in [1.165, 1.54) is 21.0 Å². The lowest BCUT2D eigenvalue weighted by Crippen LogP contribution is -2.48. The van der Waals surface area contributed by atoms with Crippen molar-refractivity contribution in [2.75, 3.05) is 31.1 Å². The minimum absolute atomic E-state index is 0.136. The Balaban J connectivity index is 1.59. The van der Waals surface area contributed by atoms with Gasteiger partial charge in [0.2, 0.25) is 10.0 Å². The topological polar surface area (TPSA) is 88.6 Å². The SMILES string of the molecule is Cn1c(=O)oc2cc(S(=O)(=O)N3CCN(c4nccs4)CC3)ccc21. The van der Waals surface area contributed by atoms with Crippen LogP contribution in [-0.4, -0.2) is 48.5 Å². The van der Waals surface area contributed by atoms with Crippen molar-refractivity contribution in [3.05, 3.63) is 40.3 Å². The lowest BCUT2D eigenvalue weighted by Gasteiger charge is -2.33. The molecule has 0 unspecified atom stereocenters. The minimum Gasteiger partial charge on any atom is -0.408 e. The molecule has 1 aromatic carbocycles. The molecule has 1 saturated heterocycles. The van der Waals surface area contributed by atoms with Crippen LogP contribution in [0.15, 0.2) is 43.9 Å². The fraction of sp³-hybridized carbons (Fsp3) is 0.333. The van der Waals surface area contributed by atoms with Crippen LogP contribution in [0.3, 0.4) is 0 Å². The second kappa shape index (κ2) is 5.97. The van der Waals surface area contributed by atoms with E-state index in [4.69, 9.17) is 4.42 Å². The van der Waals surface area contributed by atoms with Crippen molar-refractivity contribution >= 4 is 37.6 Å². The summed E-state index contributed by atoms with van der Waals surface area (Å²) in [7, 11) is -2.05. The molecule has 4 rings (SSSR count). The lowest BCUT2D eigenvalue weighted by molar-refractivity contribution is 0.384. The predicted molar refractivity (Wildman–Crippen MR) is 94.5 cm³/mol. The summed E-state index contributed by atoms with van der Waals surface area (Å²) in [6, 6.07) is 4.53. The summed E-state index contributed by atoms with van der Waals surface area (Å²) < 4.78 is 33.7. The van der Waals surface area contributed by atoms with Crippen LogP contribution in [0.4, 0.5) is 5.13 Å². The highest BCUT2D eigenvalue weighted by Crippen LogP contribution is 2.24. The van der Waals surface area contributed by atoms with Gasteiger partial charge in [0.15, 0.2) is 10.7 Å². The predicted octanol–water partition coefficient (Wildman–Crippen LogP) is 1.10. The molecule has 0 radical (unpaired) electrons. The van der Waals surface area contributed by atoms with E-state index in [0.29, 0.717) is 31.7 Å². The monoisotopic (exact) mass is 380 g/mol. The largest absolute Gasteiger partial charge is 0.419 e. The van der Waals surface area contributed by atoms with Crippen molar-refractivity contribution in [1.29, 1.82) is 0 Å². The van der Waals surface area contributed by atoms with Crippen LogP contribution in [0.25, 0.3) is 11.1 Å². The number of thiazole rings is 1. The van der Waals surface area contributed by atoms with E-state index in [1.54, 1.807) is 30.6 Å². The van der Waals surface area contributed by atoms with Crippen molar-refractivity contribution in [3.63, 3.8) is 0 Å². The molecule has 132 valence electrons. The first-order valence-corrected chi connectivity index (χ1v) is 10.0. The van der Waals surface area contributed by atoms with Crippen LogP contribution in [0.5, 0.6) is 0 Å². The summed E-state index contributed by atoms with van der Waals surface area (Å²) in [6.45, 7) is 1.96. The summed E-state index contributed by atoms with van der Waals surface area (Å²) in [6.07, 6.45) is 1.74. The quantitative estimate of drug-likeness (QED) is 0.676. The average Bonchev–Trinajstić information content (AvgIpc) is 3.24. The second-order valence-corrected chi connectivity index (χ2v) is 8.57. The number of sulfonamides is 1. The number of hydrogen-bond donors (Lipinski definition) is 0. The molecule has 0 atom stereocenters. The van der Waals surface area contributed by atoms with E-state index in [-0.39, 0.29) is 10.5 Å². The maximum Gasteiger partial charge on any atom is 0.419 e. The molecule has 3 heterocycles. The average molecular weight is 380 g/mol. The summed E-state index contributed by atoms with van der Waals surface area (Å²) >= 11 is 1.54. The third kappa shape index (κ3) is 2.75. The van der Waals surface area contributed by atoms with Gasteiger partial charge in [-0.2, -0.15) is 4.31 Å². The minimum atomic E-state index is -3.63. The molecule has 1 aliphatic heterocycles. The number of hydrogen-bond acceptors (Lipinski definition) is 7. The normalized spacial score (nSPS) is 16.6. The molecule has 2 aromatic heterocycles. The van der Waals surface area contributed by atoms with Gasteiger partial charge < -0.3 is 9.32 Å². The Hall–Kier alpha value is -2.17. The zero-order chi connectivity index (χ0) is 17.6. The van der Waals surface area contributed by atoms with Gasteiger partial charge in [-0.15, -0.1) is 11.3 Å². The molecule has 0 bridgehead atoms. The maximum absolute atomic E-state index is 12.9. The van der Waals surface area contributed by atoms with Crippen LogP contribution in [0.2, 0.25) is 0 Å². The molecule has 0 saturated carbocycles. The van der Waals surface area contributed by atoms with Crippen molar-refractivity contribution in [2.24, 2.45) is 7.05 Å². The lowest BCUT2D eigenvalue weighted by atomic mass is 10.3. The van der Waals surface area contributed by atoms with Crippen molar-refractivity contribution < 1.29 is 12.8 Å². The molecule has 3 aromatic rings. The first-order chi connectivity index (χ1) is 12.0. The number of piperazine rings is 1. The Morgan fingerprint density at radius 1 is 1.20 bits per heavy atom. The number of rotatable bonds is 3. The van der Waals surface area contributed by atoms with Gasteiger partial charge >= 0.3 is 5.76 Å². The molecule has 8 nitrogen and oxygen atoms in total. The number of benzene rings is 1. The van der Waals surface area contributed by atoms with Gasteiger partial charge in [0.05, 0.1) is 10.4 Å². The van der Waals surface area contributed by atoms with E-state index in [9.17, 15) is 13.2 Å². The third-order valence-electron chi connectivity index (χ3n) is 4.33. The molecular weight excluding hydrogens is 364 g/mol. The number of nitrogens with zero attached hydrogens (tertiary/aromatic N) is 4. The first kappa shape index (κ1) is 16.3. The fourth-order valence-electron chi connectivity index (χ4n) is 2.92. The molecule has 1 fully saturated rings.